The summed E-state index contributed by atoms with van der Waals surface area (Å²) in [5.41, 5.74) is 4.91. The molecule has 224 valence electrons. The van der Waals surface area contributed by atoms with Gasteiger partial charge in [0.05, 0.1) is 11.1 Å². The maximum absolute atomic E-state index is 13.9. The molecule has 0 bridgehead atoms. The van der Waals surface area contributed by atoms with Crippen molar-refractivity contribution < 1.29 is 18.4 Å². The Morgan fingerprint density at radius 1 is 0.953 bits per heavy atom. The molecule has 8 nitrogen and oxygen atoms in total. The summed E-state index contributed by atoms with van der Waals surface area (Å²) in [6, 6.07) is 19.1. The van der Waals surface area contributed by atoms with Crippen LogP contribution in [0, 0.1) is 6.92 Å². The van der Waals surface area contributed by atoms with Crippen molar-refractivity contribution in [1.82, 2.24) is 24.7 Å². The number of aromatic nitrogens is 2. The number of halogens is 2. The van der Waals surface area contributed by atoms with Gasteiger partial charge >= 0.3 is 6.03 Å². The van der Waals surface area contributed by atoms with Gasteiger partial charge in [-0.2, -0.15) is 0 Å². The monoisotopic (exact) mass is 586 g/mol. The fraction of sp³-hybridized carbons (Fsp3) is 0.364. The summed E-state index contributed by atoms with van der Waals surface area (Å²) in [5, 5.41) is 6.58. The van der Waals surface area contributed by atoms with E-state index in [1.807, 2.05) is 72.5 Å². The standard InChI is InChI=1S/C33H36F2N6O2/c1-23-30(31(42)40-17-12-26(13-18-40)39-19-14-33(34,35)15-20-39)28-6-2-3-7-29(28)41(23)27-10-8-25(9-11-27)38-32(43)37-22-24-5-4-16-36-21-24/h2-11,16,21,26H,12-15,17-20,22H2,1H3,(H2,37,38,43). The highest BCUT2D eigenvalue weighted by Crippen LogP contribution is 2.33. The Morgan fingerprint density at radius 2 is 1.67 bits per heavy atom. The number of fused-ring (bicyclic) bond motifs is 1. The molecule has 4 aromatic rings. The number of alkyl halides is 2. The second-order valence-corrected chi connectivity index (χ2v) is 11.4. The highest BCUT2D eigenvalue weighted by molar-refractivity contribution is 6.09. The van der Waals surface area contributed by atoms with Gasteiger partial charge in [-0.15, -0.1) is 0 Å². The fourth-order valence-corrected chi connectivity index (χ4v) is 6.33. The minimum absolute atomic E-state index is 0.000323. The van der Waals surface area contributed by atoms with Crippen molar-refractivity contribution in [3.8, 4) is 5.69 Å². The molecule has 2 aliphatic heterocycles. The number of para-hydroxylation sites is 1. The van der Waals surface area contributed by atoms with Crippen molar-refractivity contribution in [2.45, 2.75) is 51.1 Å². The topological polar surface area (TPSA) is 82.5 Å². The molecule has 10 heteroatoms. The van der Waals surface area contributed by atoms with E-state index in [1.54, 1.807) is 12.4 Å². The van der Waals surface area contributed by atoms with Crippen LogP contribution in [0.5, 0.6) is 0 Å². The summed E-state index contributed by atoms with van der Waals surface area (Å²) in [5.74, 6) is -2.55. The molecule has 2 fully saturated rings. The fourth-order valence-electron chi connectivity index (χ4n) is 6.33. The zero-order valence-electron chi connectivity index (χ0n) is 24.2. The second kappa shape index (κ2) is 12.1. The summed E-state index contributed by atoms with van der Waals surface area (Å²) >= 11 is 0. The summed E-state index contributed by atoms with van der Waals surface area (Å²) < 4.78 is 29.4. The lowest BCUT2D eigenvalue weighted by Gasteiger charge is -2.41. The van der Waals surface area contributed by atoms with Gasteiger partial charge in [0, 0.05) is 86.5 Å². The molecule has 2 aromatic heterocycles. The first-order valence-corrected chi connectivity index (χ1v) is 14.8. The quantitative estimate of drug-likeness (QED) is 0.291. The van der Waals surface area contributed by atoms with E-state index in [1.165, 1.54) is 0 Å². The minimum Gasteiger partial charge on any atom is -0.338 e. The molecule has 0 unspecified atom stereocenters. The Morgan fingerprint density at radius 3 is 2.37 bits per heavy atom. The minimum atomic E-state index is -2.55. The number of urea groups is 1. The summed E-state index contributed by atoms with van der Waals surface area (Å²) in [7, 11) is 0. The highest BCUT2D eigenvalue weighted by Gasteiger charge is 2.37. The van der Waals surface area contributed by atoms with E-state index < -0.39 is 5.92 Å². The van der Waals surface area contributed by atoms with Gasteiger partial charge in [-0.05, 0) is 61.7 Å². The van der Waals surface area contributed by atoms with Gasteiger partial charge in [0.25, 0.3) is 11.8 Å². The lowest BCUT2D eigenvalue weighted by molar-refractivity contribution is -0.0668. The van der Waals surface area contributed by atoms with Crippen LogP contribution >= 0.6 is 0 Å². The van der Waals surface area contributed by atoms with Gasteiger partial charge in [-0.25, -0.2) is 13.6 Å². The number of likely N-dealkylation sites (tertiary alicyclic amines) is 2. The van der Waals surface area contributed by atoms with Crippen molar-refractivity contribution in [2.24, 2.45) is 0 Å². The van der Waals surface area contributed by atoms with Gasteiger partial charge in [-0.3, -0.25) is 14.7 Å². The predicted octanol–water partition coefficient (Wildman–Crippen LogP) is 5.99. The molecule has 43 heavy (non-hydrogen) atoms. The van der Waals surface area contributed by atoms with Crippen LogP contribution in [0.1, 0.15) is 47.3 Å². The van der Waals surface area contributed by atoms with E-state index in [-0.39, 0.29) is 30.8 Å². The van der Waals surface area contributed by atoms with Gasteiger partial charge in [0.1, 0.15) is 0 Å². The van der Waals surface area contributed by atoms with Crippen molar-refractivity contribution >= 4 is 28.5 Å². The third kappa shape index (κ3) is 6.24. The zero-order valence-corrected chi connectivity index (χ0v) is 24.2. The number of nitrogens with one attached hydrogen (secondary N) is 2. The zero-order chi connectivity index (χ0) is 30.0. The van der Waals surface area contributed by atoms with E-state index in [4.69, 9.17) is 0 Å². The second-order valence-electron chi connectivity index (χ2n) is 11.4. The Kier molecular flexibility index (Phi) is 8.12. The number of hydrogen-bond acceptors (Lipinski definition) is 4. The van der Waals surface area contributed by atoms with E-state index >= 15 is 0 Å². The molecule has 2 N–H and O–H groups in total. The highest BCUT2D eigenvalue weighted by atomic mass is 19.3. The SMILES string of the molecule is Cc1c(C(=O)N2CCC(N3CCC(F)(F)CC3)CC2)c2ccccc2n1-c1ccc(NC(=O)NCc2cccnc2)cc1. The van der Waals surface area contributed by atoms with Crippen LogP contribution in [-0.4, -0.2) is 69.4 Å². The van der Waals surface area contributed by atoms with Crippen molar-refractivity contribution in [2.75, 3.05) is 31.5 Å². The summed E-state index contributed by atoms with van der Waals surface area (Å²) in [6.45, 7) is 4.40. The molecule has 6 rings (SSSR count). The molecule has 0 spiro atoms. The van der Waals surface area contributed by atoms with E-state index in [0.717, 1.165) is 40.7 Å². The molecule has 0 aliphatic carbocycles. The van der Waals surface area contributed by atoms with Crippen LogP contribution < -0.4 is 10.6 Å². The van der Waals surface area contributed by atoms with Gasteiger partial charge in [0.15, 0.2) is 0 Å². The van der Waals surface area contributed by atoms with Crippen LogP contribution in [0.4, 0.5) is 19.3 Å². The first-order chi connectivity index (χ1) is 20.8. The molecule has 0 atom stereocenters. The molecular weight excluding hydrogens is 550 g/mol. The molecule has 0 radical (unpaired) electrons. The number of benzene rings is 2. The predicted molar refractivity (Wildman–Crippen MR) is 163 cm³/mol. The number of hydrogen-bond donors (Lipinski definition) is 2. The number of carbonyl (C=O) groups excluding carboxylic acids is 2. The number of nitrogens with zero attached hydrogens (tertiary/aromatic N) is 4. The van der Waals surface area contributed by atoms with E-state index in [0.29, 0.717) is 44.0 Å². The normalized spacial score (nSPS) is 17.6. The van der Waals surface area contributed by atoms with E-state index in [2.05, 4.69) is 25.1 Å². The molecule has 2 saturated heterocycles. The number of rotatable bonds is 6. The van der Waals surface area contributed by atoms with E-state index in [9.17, 15) is 18.4 Å². The third-order valence-electron chi connectivity index (χ3n) is 8.68. The lowest BCUT2D eigenvalue weighted by atomic mass is 9.98. The van der Waals surface area contributed by atoms with Gasteiger partial charge in [0.2, 0.25) is 0 Å². The summed E-state index contributed by atoms with van der Waals surface area (Å²) in [6.07, 6.45) is 4.82. The molecular formula is C33H36F2N6O2. The first kappa shape index (κ1) is 28.8. The number of carbonyl (C=O) groups is 2. The smallest absolute Gasteiger partial charge is 0.319 e. The average molecular weight is 587 g/mol. The van der Waals surface area contributed by atoms with Gasteiger partial charge < -0.3 is 20.1 Å². The number of pyridine rings is 1. The van der Waals surface area contributed by atoms with Crippen LogP contribution in [0.2, 0.25) is 0 Å². The van der Waals surface area contributed by atoms with Crippen LogP contribution in [-0.2, 0) is 6.54 Å². The van der Waals surface area contributed by atoms with Crippen molar-refractivity contribution in [3.05, 3.63) is 89.9 Å². The Labute approximate surface area is 249 Å². The molecule has 0 saturated carbocycles. The van der Waals surface area contributed by atoms with Crippen LogP contribution in [0.15, 0.2) is 73.1 Å². The van der Waals surface area contributed by atoms with Gasteiger partial charge in [-0.1, -0.05) is 24.3 Å². The Balaban J connectivity index is 1.15. The van der Waals surface area contributed by atoms with Crippen molar-refractivity contribution in [1.29, 1.82) is 0 Å². The molecule has 4 heterocycles. The summed E-state index contributed by atoms with van der Waals surface area (Å²) in [4.78, 5) is 34.5. The average Bonchev–Trinajstić information content (AvgIpc) is 3.32. The maximum atomic E-state index is 13.9. The maximum Gasteiger partial charge on any atom is 0.319 e. The van der Waals surface area contributed by atoms with Crippen LogP contribution in [0.25, 0.3) is 16.6 Å². The Bertz CT molecular complexity index is 1590. The third-order valence-corrected chi connectivity index (χ3v) is 8.68. The Hall–Kier alpha value is -4.31. The largest absolute Gasteiger partial charge is 0.338 e. The number of amides is 3. The van der Waals surface area contributed by atoms with Crippen LogP contribution in [0.3, 0.4) is 0 Å². The molecule has 2 aromatic carbocycles. The first-order valence-electron chi connectivity index (χ1n) is 14.8. The lowest BCUT2D eigenvalue weighted by Crippen LogP contribution is -2.50. The molecule has 3 amide bonds. The molecule has 2 aliphatic rings. The van der Waals surface area contributed by atoms with Crippen molar-refractivity contribution in [3.63, 3.8) is 0 Å². The number of piperidine rings is 2. The number of anilines is 1.